The summed E-state index contributed by atoms with van der Waals surface area (Å²) in [5, 5.41) is 34.3. The molecule has 1 heterocycles. The smallest absolute Gasteiger partial charge is 0.480 e. The van der Waals surface area contributed by atoms with E-state index in [1.165, 1.54) is 0 Å². The quantitative estimate of drug-likeness (QED) is 0.390. The minimum atomic E-state index is -0.913. The Kier molecular flexibility index (Phi) is 15.7. The van der Waals surface area contributed by atoms with Crippen molar-refractivity contribution in [1.29, 1.82) is 0 Å². The van der Waals surface area contributed by atoms with Gasteiger partial charge in [0.25, 0.3) is 0 Å². The maximum absolute atomic E-state index is 10.9. The van der Waals surface area contributed by atoms with Gasteiger partial charge in [-0.3, -0.25) is 9.59 Å². The number of carboxylic acid groups (broad SMARTS) is 2. The van der Waals surface area contributed by atoms with Gasteiger partial charge in [0.15, 0.2) is 0 Å². The van der Waals surface area contributed by atoms with E-state index in [9.17, 15) is 9.59 Å². The molecule has 0 unspecified atom stereocenters. The van der Waals surface area contributed by atoms with Crippen molar-refractivity contribution in [3.8, 4) is 0 Å². The van der Waals surface area contributed by atoms with Crippen molar-refractivity contribution in [2.24, 2.45) is 11.7 Å². The Balaban J connectivity index is 0. The Hall–Kier alpha value is -1.65. The highest BCUT2D eigenvalue weighted by molar-refractivity contribution is 6.13. The molecule has 1 radical (unpaired) electrons. The van der Waals surface area contributed by atoms with Gasteiger partial charge in [-0.25, -0.2) is 0 Å². The van der Waals surface area contributed by atoms with Crippen LogP contribution in [0.4, 0.5) is 0 Å². The fourth-order valence-electron chi connectivity index (χ4n) is 2.63. The average molecular weight is 404 g/mol. The van der Waals surface area contributed by atoms with Crippen molar-refractivity contribution in [2.45, 2.75) is 44.7 Å². The lowest BCUT2D eigenvalue weighted by Crippen LogP contribution is -2.34. The molecule has 1 fully saturated rings. The van der Waals surface area contributed by atoms with Crippen LogP contribution in [0.15, 0.2) is 30.3 Å². The van der Waals surface area contributed by atoms with Crippen LogP contribution in [0.5, 0.6) is 0 Å². The molecule has 1 aliphatic heterocycles. The standard InChI is InChI=1S/C11H13NO2.C6H13NO2.BH2O2.ClH/c13-11(14)10-9(6-7-12-10)8-4-2-1-3-5-8;1-4(2)3-5(7)6(8)9;2-1-3;/h1-5,9-10,12H,6-7H2,(H,13,14);4-5H,3,7H2,1-2H3,(H,8,9);2-3H;1H/t9-,10+;5-;;/m10../s1. The van der Waals surface area contributed by atoms with Crippen LogP contribution in [-0.2, 0) is 9.59 Å². The molecular weight excluding hydrogens is 374 g/mol. The van der Waals surface area contributed by atoms with Gasteiger partial charge in [-0.15, -0.1) is 12.4 Å². The number of hydrogen-bond donors (Lipinski definition) is 6. The zero-order valence-corrected chi connectivity index (χ0v) is 16.3. The number of nitrogens with two attached hydrogens (primary N) is 1. The van der Waals surface area contributed by atoms with Crippen LogP contribution in [0, 0.1) is 5.92 Å². The Bertz CT molecular complexity index is 535. The molecule has 1 saturated heterocycles. The molecule has 1 aromatic rings. The zero-order chi connectivity index (χ0) is 20.1. The van der Waals surface area contributed by atoms with Gasteiger partial charge in [0.05, 0.1) is 0 Å². The monoisotopic (exact) mass is 403 g/mol. The van der Waals surface area contributed by atoms with E-state index in [-0.39, 0.29) is 26.0 Å². The maximum Gasteiger partial charge on any atom is 0.482 e. The van der Waals surface area contributed by atoms with Gasteiger partial charge in [-0.2, -0.15) is 0 Å². The van der Waals surface area contributed by atoms with Crippen molar-refractivity contribution in [2.75, 3.05) is 6.54 Å². The minimum absolute atomic E-state index is 0. The van der Waals surface area contributed by atoms with Crippen molar-refractivity contribution in [3.63, 3.8) is 0 Å². The predicted molar refractivity (Wildman–Crippen MR) is 106 cm³/mol. The summed E-state index contributed by atoms with van der Waals surface area (Å²) in [5.74, 6) is -1.19. The van der Waals surface area contributed by atoms with Crippen LogP contribution >= 0.6 is 12.4 Å². The number of halogens is 1. The SMILES string of the molecule is CC(C)C[C@H](N)C(=O)O.Cl.O=C(O)[C@H]1NCC[C@@H]1c1ccccc1.O[B]O. The lowest BCUT2D eigenvalue weighted by Gasteiger charge is -2.15. The molecule has 10 heteroatoms. The Morgan fingerprint density at radius 1 is 1.22 bits per heavy atom. The molecule has 1 aromatic carbocycles. The molecule has 3 atom stereocenters. The van der Waals surface area contributed by atoms with E-state index in [1.54, 1.807) is 0 Å². The molecule has 27 heavy (non-hydrogen) atoms. The Labute approximate surface area is 166 Å². The summed E-state index contributed by atoms with van der Waals surface area (Å²) in [6.45, 7) is 4.68. The van der Waals surface area contributed by atoms with Crippen molar-refractivity contribution >= 4 is 32.0 Å². The van der Waals surface area contributed by atoms with E-state index >= 15 is 0 Å². The van der Waals surface area contributed by atoms with Gasteiger partial charge in [0.2, 0.25) is 0 Å². The summed E-state index contributed by atoms with van der Waals surface area (Å²) in [6.07, 6.45) is 1.45. The van der Waals surface area contributed by atoms with Crippen molar-refractivity contribution in [1.82, 2.24) is 5.32 Å². The zero-order valence-electron chi connectivity index (χ0n) is 15.5. The van der Waals surface area contributed by atoms with Gasteiger partial charge in [0, 0.05) is 5.92 Å². The van der Waals surface area contributed by atoms with Gasteiger partial charge >= 0.3 is 19.6 Å². The largest absolute Gasteiger partial charge is 0.482 e. The Morgan fingerprint density at radius 2 is 1.74 bits per heavy atom. The highest BCUT2D eigenvalue weighted by Crippen LogP contribution is 2.27. The third kappa shape index (κ3) is 11.6. The molecule has 8 nitrogen and oxygen atoms in total. The summed E-state index contributed by atoms with van der Waals surface area (Å²) in [4.78, 5) is 21.0. The number of nitrogens with one attached hydrogen (secondary N) is 1. The van der Waals surface area contributed by atoms with Gasteiger partial charge in [-0.05, 0) is 30.9 Å². The van der Waals surface area contributed by atoms with E-state index in [4.69, 9.17) is 26.0 Å². The van der Waals surface area contributed by atoms with Crippen LogP contribution in [0.25, 0.3) is 0 Å². The predicted octanol–water partition coefficient (Wildman–Crippen LogP) is 0.588. The van der Waals surface area contributed by atoms with Gasteiger partial charge < -0.3 is 31.3 Å². The topological polar surface area (TPSA) is 153 Å². The van der Waals surface area contributed by atoms with E-state index in [0.717, 1.165) is 18.5 Å². The first-order valence-electron chi connectivity index (χ1n) is 8.34. The summed E-state index contributed by atoms with van der Waals surface area (Å²) in [5.41, 5.74) is 6.33. The summed E-state index contributed by atoms with van der Waals surface area (Å²) in [7, 11) is 0. The van der Waals surface area contributed by atoms with Crippen LogP contribution in [0.1, 0.15) is 38.2 Å². The molecule has 0 aromatic heterocycles. The third-order valence-electron chi connectivity index (χ3n) is 3.76. The van der Waals surface area contributed by atoms with E-state index in [0.29, 0.717) is 12.3 Å². The number of hydrogen-bond acceptors (Lipinski definition) is 6. The fourth-order valence-corrected chi connectivity index (χ4v) is 2.63. The molecule has 0 aliphatic carbocycles. The first-order valence-corrected chi connectivity index (χ1v) is 8.34. The van der Waals surface area contributed by atoms with Crippen LogP contribution in [0.3, 0.4) is 0 Å². The molecule has 2 rings (SSSR count). The number of aliphatic carboxylic acids is 2. The second-order valence-electron chi connectivity index (χ2n) is 6.27. The third-order valence-corrected chi connectivity index (χ3v) is 3.76. The van der Waals surface area contributed by atoms with Crippen molar-refractivity contribution < 1.29 is 29.9 Å². The minimum Gasteiger partial charge on any atom is -0.480 e. The molecule has 7 N–H and O–H groups in total. The highest BCUT2D eigenvalue weighted by atomic mass is 35.5. The normalized spacial score (nSPS) is 18.7. The second-order valence-corrected chi connectivity index (χ2v) is 6.27. The number of rotatable bonds is 5. The molecule has 0 spiro atoms. The lowest BCUT2D eigenvalue weighted by molar-refractivity contribution is -0.140. The summed E-state index contributed by atoms with van der Waals surface area (Å²) < 4.78 is 0. The van der Waals surface area contributed by atoms with E-state index in [1.807, 2.05) is 44.2 Å². The van der Waals surface area contributed by atoms with Crippen LogP contribution in [-0.4, -0.2) is 58.5 Å². The van der Waals surface area contributed by atoms with E-state index < -0.39 is 24.0 Å². The molecular formula is C17H29BClN2O6. The van der Waals surface area contributed by atoms with Gasteiger partial charge in [-0.1, -0.05) is 44.2 Å². The number of carbonyl (C=O) groups is 2. The lowest BCUT2D eigenvalue weighted by atomic mass is 9.92. The first kappa shape index (κ1) is 27.6. The van der Waals surface area contributed by atoms with Crippen LogP contribution < -0.4 is 11.1 Å². The van der Waals surface area contributed by atoms with E-state index in [2.05, 4.69) is 5.32 Å². The summed E-state index contributed by atoms with van der Waals surface area (Å²) >= 11 is 0. The number of benzene rings is 1. The average Bonchev–Trinajstić information content (AvgIpc) is 3.06. The molecule has 1 aliphatic rings. The summed E-state index contributed by atoms with van der Waals surface area (Å²) in [6, 6.07) is 8.73. The maximum atomic E-state index is 10.9. The highest BCUT2D eigenvalue weighted by Gasteiger charge is 2.33. The number of carboxylic acids is 2. The molecule has 0 saturated carbocycles. The van der Waals surface area contributed by atoms with Gasteiger partial charge in [0.1, 0.15) is 12.1 Å². The van der Waals surface area contributed by atoms with Crippen LogP contribution in [0.2, 0.25) is 0 Å². The molecule has 0 bridgehead atoms. The first-order chi connectivity index (χ1) is 12.2. The van der Waals surface area contributed by atoms with Crippen molar-refractivity contribution in [3.05, 3.63) is 35.9 Å². The fraction of sp³-hybridized carbons (Fsp3) is 0.529. The molecule has 153 valence electrons. The molecule has 0 amide bonds. The Morgan fingerprint density at radius 3 is 2.11 bits per heavy atom. The second kappa shape index (κ2) is 15.4.